The Morgan fingerprint density at radius 1 is 1.43 bits per heavy atom. The van der Waals surface area contributed by atoms with Crippen molar-refractivity contribution in [2.24, 2.45) is 17.3 Å². The van der Waals surface area contributed by atoms with Crippen molar-refractivity contribution in [1.82, 2.24) is 0 Å². The van der Waals surface area contributed by atoms with Gasteiger partial charge in [0.05, 0.1) is 11.3 Å². The summed E-state index contributed by atoms with van der Waals surface area (Å²) >= 11 is 0. The van der Waals surface area contributed by atoms with Crippen LogP contribution in [0.1, 0.15) is 19.3 Å². The molecule has 7 nitrogen and oxygen atoms in total. The second-order valence-corrected chi connectivity index (χ2v) is 7.59. The van der Waals surface area contributed by atoms with Gasteiger partial charge in [-0.3, -0.25) is 9.35 Å². The molecule has 116 valence electrons. The van der Waals surface area contributed by atoms with E-state index >= 15 is 0 Å². The van der Waals surface area contributed by atoms with Gasteiger partial charge in [-0.1, -0.05) is 0 Å². The van der Waals surface area contributed by atoms with Crippen LogP contribution in [0.2, 0.25) is 0 Å². The molecule has 1 N–H and O–H groups in total. The molecule has 3 saturated carbocycles. The van der Waals surface area contributed by atoms with Gasteiger partial charge in [-0.15, -0.1) is 0 Å². The number of carbonyl (C=O) groups is 2. The first kappa shape index (κ1) is 13.4. The van der Waals surface area contributed by atoms with Gasteiger partial charge >= 0.3 is 27.3 Å². The third-order valence-corrected chi connectivity index (χ3v) is 6.39. The Bertz CT molecular complexity index is 689. The van der Waals surface area contributed by atoms with Gasteiger partial charge in [-0.2, -0.15) is 17.2 Å². The fourth-order valence-electron chi connectivity index (χ4n) is 4.73. The molecule has 5 unspecified atom stereocenters. The van der Waals surface area contributed by atoms with Crippen LogP contribution in [0.4, 0.5) is 8.78 Å². The summed E-state index contributed by atoms with van der Waals surface area (Å²) < 4.78 is 66.0. The molecular formula is C11H10F2O7S. The number of alkyl halides is 2. The minimum absolute atomic E-state index is 0.0693. The van der Waals surface area contributed by atoms with Gasteiger partial charge in [0.1, 0.15) is 11.7 Å². The van der Waals surface area contributed by atoms with E-state index in [2.05, 4.69) is 0 Å². The van der Waals surface area contributed by atoms with Crippen molar-refractivity contribution in [3.8, 4) is 0 Å². The molecule has 4 aliphatic rings. The third-order valence-electron chi connectivity index (χ3n) is 5.58. The molecule has 1 spiro atoms. The predicted octanol–water partition coefficient (Wildman–Crippen LogP) is 0.104. The summed E-state index contributed by atoms with van der Waals surface area (Å²) in [5.74, 6) is -3.13. The number of rotatable bonds is 3. The van der Waals surface area contributed by atoms with Crippen molar-refractivity contribution in [1.29, 1.82) is 0 Å². The summed E-state index contributed by atoms with van der Waals surface area (Å²) in [6.07, 6.45) is 0.529. The molecule has 0 aromatic heterocycles. The van der Waals surface area contributed by atoms with Crippen LogP contribution in [0.3, 0.4) is 0 Å². The molecule has 0 bridgehead atoms. The average Bonchev–Trinajstić information content (AvgIpc) is 2.56. The number of esters is 2. The van der Waals surface area contributed by atoms with Crippen molar-refractivity contribution >= 4 is 22.1 Å². The molecule has 4 rings (SSSR count). The highest BCUT2D eigenvalue weighted by Gasteiger charge is 2.91. The summed E-state index contributed by atoms with van der Waals surface area (Å²) in [7, 11) is -5.90. The first-order valence-corrected chi connectivity index (χ1v) is 7.79. The minimum atomic E-state index is -5.90. The predicted molar refractivity (Wildman–Crippen MR) is 58.5 cm³/mol. The Morgan fingerprint density at radius 3 is 2.62 bits per heavy atom. The number of hydrogen-bond acceptors (Lipinski definition) is 6. The number of carbonyl (C=O) groups excluding carboxylic acids is 2. The Morgan fingerprint density at radius 2 is 2.10 bits per heavy atom. The van der Waals surface area contributed by atoms with E-state index in [4.69, 9.17) is 14.0 Å². The maximum atomic E-state index is 13.3. The first-order valence-electron chi connectivity index (χ1n) is 6.35. The van der Waals surface area contributed by atoms with E-state index in [1.54, 1.807) is 0 Å². The van der Waals surface area contributed by atoms with E-state index < -0.39 is 50.3 Å². The van der Waals surface area contributed by atoms with E-state index in [1.165, 1.54) is 0 Å². The Labute approximate surface area is 117 Å². The molecule has 10 heteroatoms. The van der Waals surface area contributed by atoms with Gasteiger partial charge in [0, 0.05) is 6.42 Å². The van der Waals surface area contributed by atoms with Gasteiger partial charge in [0.2, 0.25) is 0 Å². The van der Waals surface area contributed by atoms with Crippen LogP contribution in [0, 0.1) is 17.3 Å². The van der Waals surface area contributed by atoms with Gasteiger partial charge in [-0.05, 0) is 18.8 Å². The highest BCUT2D eigenvalue weighted by molar-refractivity contribution is 7.87. The quantitative estimate of drug-likeness (QED) is 0.579. The van der Waals surface area contributed by atoms with Crippen molar-refractivity contribution in [2.45, 2.75) is 36.2 Å². The molecule has 1 heterocycles. The second-order valence-electron chi connectivity index (χ2n) is 6.13. The van der Waals surface area contributed by atoms with E-state index in [9.17, 15) is 26.8 Å². The largest absolute Gasteiger partial charge is 0.465 e. The molecule has 1 aliphatic heterocycles. The lowest BCUT2D eigenvalue weighted by atomic mass is 9.27. The molecule has 0 aromatic carbocycles. The van der Waals surface area contributed by atoms with Crippen molar-refractivity contribution in [3.63, 3.8) is 0 Å². The first-order chi connectivity index (χ1) is 9.56. The van der Waals surface area contributed by atoms with Gasteiger partial charge in [0.25, 0.3) is 0 Å². The zero-order valence-corrected chi connectivity index (χ0v) is 11.2. The molecular weight excluding hydrogens is 314 g/mol. The summed E-state index contributed by atoms with van der Waals surface area (Å²) in [5.41, 5.74) is -2.02. The average molecular weight is 324 g/mol. The molecule has 21 heavy (non-hydrogen) atoms. The lowest BCUT2D eigenvalue weighted by molar-refractivity contribution is -0.373. The molecule has 1 saturated heterocycles. The topological polar surface area (TPSA) is 107 Å². The van der Waals surface area contributed by atoms with Crippen LogP contribution in [-0.4, -0.2) is 41.9 Å². The zero-order valence-electron chi connectivity index (χ0n) is 10.4. The highest BCUT2D eigenvalue weighted by Crippen LogP contribution is 2.83. The van der Waals surface area contributed by atoms with E-state index in [0.29, 0.717) is 12.8 Å². The third kappa shape index (κ3) is 1.14. The van der Waals surface area contributed by atoms with Crippen LogP contribution >= 0.6 is 0 Å². The normalized spacial score (nSPS) is 46.2. The van der Waals surface area contributed by atoms with Crippen molar-refractivity contribution in [2.75, 3.05) is 0 Å². The maximum Gasteiger partial charge on any atom is 0.465 e. The van der Waals surface area contributed by atoms with E-state index in [0.717, 1.165) is 0 Å². The van der Waals surface area contributed by atoms with Gasteiger partial charge in [0.15, 0.2) is 0 Å². The summed E-state index contributed by atoms with van der Waals surface area (Å²) in [6.45, 7) is 0. The maximum absolute atomic E-state index is 13.3. The highest BCUT2D eigenvalue weighted by atomic mass is 32.2. The monoisotopic (exact) mass is 324 g/mol. The molecule has 3 aliphatic carbocycles. The molecule has 0 amide bonds. The van der Waals surface area contributed by atoms with Crippen LogP contribution in [-0.2, 0) is 29.2 Å². The fraction of sp³-hybridized carbons (Fsp3) is 0.818. The van der Waals surface area contributed by atoms with E-state index in [1.807, 2.05) is 0 Å². The second kappa shape index (κ2) is 3.22. The number of ether oxygens (including phenoxy) is 2. The smallest absolute Gasteiger partial charge is 0.461 e. The zero-order chi connectivity index (χ0) is 15.4. The number of halogens is 2. The Balaban J connectivity index is 1.61. The summed E-state index contributed by atoms with van der Waals surface area (Å²) in [6, 6.07) is 0. The fourth-order valence-corrected chi connectivity index (χ4v) is 4.98. The van der Waals surface area contributed by atoms with Crippen molar-refractivity contribution in [3.05, 3.63) is 0 Å². The standard InChI is InChI=1S/C11H10F2O7S/c12-11(13,21(16,17)18)8(15)20-9-2-4-1-5-7(14)19-6(3-9)10(4,5)9/h4-6H,1-3H2,(H,16,17,18). The summed E-state index contributed by atoms with van der Waals surface area (Å²) in [4.78, 5) is 23.0. The molecule has 4 fully saturated rings. The lowest BCUT2D eigenvalue weighted by Crippen LogP contribution is -2.84. The minimum Gasteiger partial charge on any atom is -0.461 e. The van der Waals surface area contributed by atoms with E-state index in [-0.39, 0.29) is 12.3 Å². The van der Waals surface area contributed by atoms with Crippen LogP contribution in [0.25, 0.3) is 0 Å². The summed E-state index contributed by atoms with van der Waals surface area (Å²) in [5, 5.41) is -5.02. The SMILES string of the molecule is O=C1OC2CC3(OC(=O)C(F)(F)S(=O)(=O)O)CC4CC1C423. The Hall–Kier alpha value is -1.29. The van der Waals surface area contributed by atoms with Gasteiger partial charge in [-0.25, -0.2) is 4.79 Å². The van der Waals surface area contributed by atoms with Crippen LogP contribution in [0.5, 0.6) is 0 Å². The van der Waals surface area contributed by atoms with Crippen LogP contribution in [0.15, 0.2) is 0 Å². The van der Waals surface area contributed by atoms with Gasteiger partial charge < -0.3 is 9.47 Å². The molecule has 0 aromatic rings. The molecule has 0 radical (unpaired) electrons. The molecule has 5 atom stereocenters. The van der Waals surface area contributed by atoms with Crippen molar-refractivity contribution < 1.29 is 40.8 Å². The Kier molecular flexibility index (Phi) is 2.05. The number of hydrogen-bond donors (Lipinski definition) is 1. The lowest BCUT2D eigenvalue weighted by Gasteiger charge is -2.77. The van der Waals surface area contributed by atoms with Crippen LogP contribution < -0.4 is 0 Å².